The number of nitrogens with zero attached hydrogens (tertiary/aromatic N) is 2. The van der Waals surface area contributed by atoms with Gasteiger partial charge >= 0.3 is 6.18 Å². The summed E-state index contributed by atoms with van der Waals surface area (Å²) in [5, 5.41) is 0. The van der Waals surface area contributed by atoms with Gasteiger partial charge < -0.3 is 15.5 Å². The van der Waals surface area contributed by atoms with Crippen LogP contribution in [0.15, 0.2) is 47.4 Å². The topological polar surface area (TPSA) is 111 Å². The Balaban J connectivity index is 1.72. The van der Waals surface area contributed by atoms with Gasteiger partial charge in [-0.3, -0.25) is 9.59 Å². The molecule has 2 heterocycles. The SMILES string of the molecule is CC(C)(Cc1ccc(C(F)(F)F)c(-c2nc(-c3ccc(OCC4CC4)nc3)cc(=O)[nH]2)c1)C(N)=O. The molecule has 0 aliphatic heterocycles. The zero-order chi connectivity index (χ0) is 25.4. The Morgan fingerprint density at radius 2 is 1.91 bits per heavy atom. The number of hydrogen-bond acceptors (Lipinski definition) is 5. The predicted molar refractivity (Wildman–Crippen MR) is 123 cm³/mol. The Bertz CT molecular complexity index is 1300. The van der Waals surface area contributed by atoms with E-state index < -0.39 is 28.6 Å². The molecular formula is C25H25F3N4O3. The highest BCUT2D eigenvalue weighted by Crippen LogP contribution is 2.37. The van der Waals surface area contributed by atoms with Gasteiger partial charge in [-0.2, -0.15) is 13.2 Å². The zero-order valence-electron chi connectivity index (χ0n) is 19.3. The van der Waals surface area contributed by atoms with Gasteiger partial charge in [-0.05, 0) is 48.9 Å². The largest absolute Gasteiger partial charge is 0.477 e. The van der Waals surface area contributed by atoms with Crippen molar-refractivity contribution < 1.29 is 22.7 Å². The first-order valence-electron chi connectivity index (χ1n) is 11.1. The molecule has 1 saturated carbocycles. The highest BCUT2D eigenvalue weighted by molar-refractivity contribution is 5.80. The number of halogens is 3. The lowest BCUT2D eigenvalue weighted by atomic mass is 9.84. The molecule has 0 spiro atoms. The lowest BCUT2D eigenvalue weighted by Gasteiger charge is -2.21. The molecule has 0 bridgehead atoms. The monoisotopic (exact) mass is 486 g/mol. The summed E-state index contributed by atoms with van der Waals surface area (Å²) in [5.74, 6) is 0.160. The third-order valence-corrected chi connectivity index (χ3v) is 5.90. The molecule has 184 valence electrons. The number of hydrogen-bond donors (Lipinski definition) is 2. The summed E-state index contributed by atoms with van der Waals surface area (Å²) >= 11 is 0. The molecule has 2 aromatic heterocycles. The molecule has 1 aliphatic carbocycles. The van der Waals surface area contributed by atoms with Gasteiger partial charge in [-0.1, -0.05) is 19.9 Å². The summed E-state index contributed by atoms with van der Waals surface area (Å²) < 4.78 is 47.1. The van der Waals surface area contributed by atoms with Crippen molar-refractivity contribution in [2.75, 3.05) is 6.61 Å². The number of primary amides is 1. The van der Waals surface area contributed by atoms with Crippen molar-refractivity contribution in [1.29, 1.82) is 0 Å². The van der Waals surface area contributed by atoms with Crippen LogP contribution in [0.5, 0.6) is 5.88 Å². The second kappa shape index (κ2) is 9.16. The smallest absolute Gasteiger partial charge is 0.417 e. The summed E-state index contributed by atoms with van der Waals surface area (Å²) in [6, 6.07) is 7.97. The van der Waals surface area contributed by atoms with E-state index in [9.17, 15) is 22.8 Å². The number of carbonyl (C=O) groups excluding carboxylic acids is 1. The molecular weight excluding hydrogens is 461 g/mol. The van der Waals surface area contributed by atoms with Gasteiger partial charge in [0.25, 0.3) is 5.56 Å². The lowest BCUT2D eigenvalue weighted by Crippen LogP contribution is -2.33. The van der Waals surface area contributed by atoms with Crippen molar-refractivity contribution in [1.82, 2.24) is 15.0 Å². The van der Waals surface area contributed by atoms with Gasteiger partial charge in [-0.15, -0.1) is 0 Å². The fourth-order valence-corrected chi connectivity index (χ4v) is 3.58. The van der Waals surface area contributed by atoms with Crippen LogP contribution >= 0.6 is 0 Å². The first kappa shape index (κ1) is 24.4. The van der Waals surface area contributed by atoms with Crippen LogP contribution in [0, 0.1) is 11.3 Å². The van der Waals surface area contributed by atoms with E-state index in [0.29, 0.717) is 29.5 Å². The standard InChI is InChI=1S/C25H25F3N4O3/c1-24(2,23(29)34)11-15-5-7-18(25(26,27)28)17(9-15)22-31-19(10-20(33)32-22)16-6-8-21(30-12-16)35-13-14-3-4-14/h5-10,12,14H,3-4,11,13H2,1-2H3,(H2,29,34)(H,31,32,33). The lowest BCUT2D eigenvalue weighted by molar-refractivity contribution is -0.137. The van der Waals surface area contributed by atoms with E-state index in [4.69, 9.17) is 10.5 Å². The molecule has 1 aliphatic rings. The van der Waals surface area contributed by atoms with Crippen molar-refractivity contribution in [2.24, 2.45) is 17.1 Å². The number of H-pyrrole nitrogens is 1. The minimum absolute atomic E-state index is 0.115. The number of amides is 1. The Hall–Kier alpha value is -3.69. The molecule has 10 heteroatoms. The summed E-state index contributed by atoms with van der Waals surface area (Å²) in [6.07, 6.45) is -0.838. The number of alkyl halides is 3. The number of aromatic amines is 1. The van der Waals surface area contributed by atoms with Crippen LogP contribution in [-0.2, 0) is 17.4 Å². The molecule has 1 aromatic carbocycles. The highest BCUT2D eigenvalue weighted by atomic mass is 19.4. The van der Waals surface area contributed by atoms with Crippen molar-refractivity contribution in [3.8, 4) is 28.5 Å². The molecule has 35 heavy (non-hydrogen) atoms. The van der Waals surface area contributed by atoms with Crippen LogP contribution in [0.3, 0.4) is 0 Å². The van der Waals surface area contributed by atoms with Crippen LogP contribution in [-0.4, -0.2) is 27.5 Å². The number of nitrogens with two attached hydrogens (primary N) is 1. The first-order chi connectivity index (χ1) is 16.4. The minimum atomic E-state index is -4.69. The molecule has 0 saturated heterocycles. The molecule has 3 aromatic rings. The Labute approximate surface area is 199 Å². The zero-order valence-corrected chi connectivity index (χ0v) is 19.3. The van der Waals surface area contributed by atoms with E-state index in [0.717, 1.165) is 18.9 Å². The molecule has 0 radical (unpaired) electrons. The number of aromatic nitrogens is 3. The van der Waals surface area contributed by atoms with E-state index in [2.05, 4.69) is 15.0 Å². The Kier molecular flexibility index (Phi) is 6.40. The maximum Gasteiger partial charge on any atom is 0.417 e. The van der Waals surface area contributed by atoms with Gasteiger partial charge in [-0.25, -0.2) is 9.97 Å². The quantitative estimate of drug-likeness (QED) is 0.492. The fourth-order valence-electron chi connectivity index (χ4n) is 3.58. The maximum absolute atomic E-state index is 13.8. The molecule has 4 rings (SSSR count). The predicted octanol–water partition coefficient (Wildman–Crippen LogP) is 4.36. The molecule has 3 N–H and O–H groups in total. The second-order valence-corrected chi connectivity index (χ2v) is 9.42. The van der Waals surface area contributed by atoms with E-state index in [1.54, 1.807) is 26.0 Å². The highest BCUT2D eigenvalue weighted by Gasteiger charge is 2.35. The Morgan fingerprint density at radius 3 is 2.51 bits per heavy atom. The van der Waals surface area contributed by atoms with Crippen LogP contribution in [0.25, 0.3) is 22.6 Å². The number of carbonyl (C=O) groups is 1. The average molecular weight is 486 g/mol. The van der Waals surface area contributed by atoms with E-state index >= 15 is 0 Å². The third-order valence-electron chi connectivity index (χ3n) is 5.90. The number of nitrogens with one attached hydrogen (secondary N) is 1. The molecule has 0 unspecified atom stereocenters. The summed E-state index contributed by atoms with van der Waals surface area (Å²) in [5.41, 5.74) is 3.64. The van der Waals surface area contributed by atoms with Crippen molar-refractivity contribution in [3.63, 3.8) is 0 Å². The number of rotatable bonds is 8. The van der Waals surface area contributed by atoms with Gasteiger partial charge in [0.05, 0.1) is 17.9 Å². The summed E-state index contributed by atoms with van der Waals surface area (Å²) in [4.78, 5) is 35.0. The van der Waals surface area contributed by atoms with Gasteiger partial charge in [0, 0.05) is 34.9 Å². The van der Waals surface area contributed by atoms with Gasteiger partial charge in [0.1, 0.15) is 5.82 Å². The third kappa shape index (κ3) is 5.87. The Morgan fingerprint density at radius 1 is 1.17 bits per heavy atom. The van der Waals surface area contributed by atoms with Gasteiger partial charge in [0.2, 0.25) is 11.8 Å². The van der Waals surface area contributed by atoms with E-state index in [1.165, 1.54) is 24.4 Å². The average Bonchev–Trinajstić information content (AvgIpc) is 3.61. The van der Waals surface area contributed by atoms with E-state index in [1.807, 2.05) is 0 Å². The van der Waals surface area contributed by atoms with Crippen molar-refractivity contribution in [3.05, 3.63) is 64.1 Å². The van der Waals surface area contributed by atoms with Crippen LogP contribution in [0.2, 0.25) is 0 Å². The molecule has 7 nitrogen and oxygen atoms in total. The second-order valence-electron chi connectivity index (χ2n) is 9.42. The van der Waals surface area contributed by atoms with E-state index in [-0.39, 0.29) is 23.5 Å². The summed E-state index contributed by atoms with van der Waals surface area (Å²) in [7, 11) is 0. The molecule has 1 amide bonds. The van der Waals surface area contributed by atoms with Crippen LogP contribution in [0.4, 0.5) is 13.2 Å². The fraction of sp³-hybridized carbons (Fsp3) is 0.360. The number of benzene rings is 1. The molecule has 1 fully saturated rings. The molecule has 0 atom stereocenters. The first-order valence-corrected chi connectivity index (χ1v) is 11.1. The summed E-state index contributed by atoms with van der Waals surface area (Å²) in [6.45, 7) is 3.81. The van der Waals surface area contributed by atoms with Crippen molar-refractivity contribution >= 4 is 5.91 Å². The maximum atomic E-state index is 13.8. The van der Waals surface area contributed by atoms with Crippen molar-refractivity contribution in [2.45, 2.75) is 39.3 Å². The number of pyridine rings is 1. The van der Waals surface area contributed by atoms with Crippen LogP contribution in [0.1, 0.15) is 37.8 Å². The van der Waals surface area contributed by atoms with Gasteiger partial charge in [0.15, 0.2) is 0 Å². The minimum Gasteiger partial charge on any atom is -0.477 e. The number of ether oxygens (including phenoxy) is 1. The normalized spacial score (nSPS) is 14.1. The van der Waals surface area contributed by atoms with Crippen LogP contribution < -0.4 is 16.0 Å².